The topological polar surface area (TPSA) is 101 Å². The summed E-state index contributed by atoms with van der Waals surface area (Å²) in [6.07, 6.45) is 1.50. The summed E-state index contributed by atoms with van der Waals surface area (Å²) in [5.74, 6) is 0.390. The SMILES string of the molecule is Cc1cc(S(=O)(=O)NCc2ncn(C)n2)ccc1C#N. The zero-order valence-corrected chi connectivity index (χ0v) is 11.8. The van der Waals surface area contributed by atoms with Gasteiger partial charge in [-0.1, -0.05) is 0 Å². The van der Waals surface area contributed by atoms with Crippen LogP contribution in [0.5, 0.6) is 0 Å². The number of hydrogen-bond donors (Lipinski definition) is 1. The maximum absolute atomic E-state index is 12.1. The van der Waals surface area contributed by atoms with Crippen LogP contribution >= 0.6 is 0 Å². The van der Waals surface area contributed by atoms with Crippen molar-refractivity contribution in [3.8, 4) is 6.07 Å². The van der Waals surface area contributed by atoms with E-state index in [-0.39, 0.29) is 11.4 Å². The first-order valence-corrected chi connectivity index (χ1v) is 7.25. The molecule has 2 aromatic rings. The van der Waals surface area contributed by atoms with E-state index in [1.807, 2.05) is 6.07 Å². The highest BCUT2D eigenvalue weighted by Crippen LogP contribution is 2.14. The van der Waals surface area contributed by atoms with Crippen molar-refractivity contribution in [3.63, 3.8) is 0 Å². The molecule has 0 saturated heterocycles. The highest BCUT2D eigenvalue weighted by molar-refractivity contribution is 7.89. The molecular formula is C12H13N5O2S. The summed E-state index contributed by atoms with van der Waals surface area (Å²) in [6, 6.07) is 6.35. The fourth-order valence-electron chi connectivity index (χ4n) is 1.64. The predicted octanol–water partition coefficient (Wildman–Crippen LogP) is 0.474. The van der Waals surface area contributed by atoms with Crippen molar-refractivity contribution in [2.75, 3.05) is 0 Å². The fourth-order valence-corrected chi connectivity index (χ4v) is 2.70. The maximum Gasteiger partial charge on any atom is 0.240 e. The minimum absolute atomic E-state index is 0.0161. The third kappa shape index (κ3) is 3.01. The lowest BCUT2D eigenvalue weighted by atomic mass is 10.1. The molecule has 1 heterocycles. The molecule has 0 unspecified atom stereocenters. The average Bonchev–Trinajstić information content (AvgIpc) is 2.82. The first-order valence-electron chi connectivity index (χ1n) is 5.77. The molecule has 0 radical (unpaired) electrons. The summed E-state index contributed by atoms with van der Waals surface area (Å²) in [7, 11) is -1.94. The number of nitriles is 1. The third-order valence-corrected chi connectivity index (χ3v) is 4.09. The van der Waals surface area contributed by atoms with Crippen molar-refractivity contribution in [1.29, 1.82) is 5.26 Å². The van der Waals surface area contributed by atoms with E-state index in [1.165, 1.54) is 29.2 Å². The normalized spacial score (nSPS) is 11.2. The number of benzene rings is 1. The Morgan fingerprint density at radius 2 is 2.20 bits per heavy atom. The summed E-state index contributed by atoms with van der Waals surface area (Å²) in [6.45, 7) is 1.71. The van der Waals surface area contributed by atoms with Gasteiger partial charge in [0.25, 0.3) is 0 Å². The Labute approximate surface area is 116 Å². The van der Waals surface area contributed by atoms with E-state index in [4.69, 9.17) is 5.26 Å². The Morgan fingerprint density at radius 1 is 1.45 bits per heavy atom. The monoisotopic (exact) mass is 291 g/mol. The molecule has 1 aromatic carbocycles. The summed E-state index contributed by atoms with van der Waals surface area (Å²) < 4.78 is 28.1. The zero-order chi connectivity index (χ0) is 14.8. The van der Waals surface area contributed by atoms with E-state index < -0.39 is 10.0 Å². The van der Waals surface area contributed by atoms with Crippen LogP contribution < -0.4 is 4.72 Å². The number of rotatable bonds is 4. The Hall–Kier alpha value is -2.24. The highest BCUT2D eigenvalue weighted by Gasteiger charge is 2.15. The predicted molar refractivity (Wildman–Crippen MR) is 70.9 cm³/mol. The molecule has 104 valence electrons. The maximum atomic E-state index is 12.1. The number of hydrogen-bond acceptors (Lipinski definition) is 5. The summed E-state index contributed by atoms with van der Waals surface area (Å²) in [5, 5.41) is 12.8. The Morgan fingerprint density at radius 3 is 2.75 bits per heavy atom. The van der Waals surface area contributed by atoms with E-state index in [0.29, 0.717) is 17.0 Å². The van der Waals surface area contributed by atoms with Gasteiger partial charge in [-0.25, -0.2) is 18.1 Å². The molecule has 0 saturated carbocycles. The molecule has 2 rings (SSSR count). The van der Waals surface area contributed by atoms with Crippen molar-refractivity contribution < 1.29 is 8.42 Å². The van der Waals surface area contributed by atoms with E-state index in [0.717, 1.165) is 0 Å². The van der Waals surface area contributed by atoms with Gasteiger partial charge in [0.1, 0.15) is 6.33 Å². The lowest BCUT2D eigenvalue weighted by Crippen LogP contribution is -2.24. The summed E-state index contributed by atoms with van der Waals surface area (Å²) >= 11 is 0. The fraction of sp³-hybridized carbons (Fsp3) is 0.250. The molecule has 1 N–H and O–H groups in total. The molecule has 0 aliphatic carbocycles. The molecule has 0 spiro atoms. The van der Waals surface area contributed by atoms with E-state index in [9.17, 15) is 8.42 Å². The van der Waals surface area contributed by atoms with Crippen molar-refractivity contribution in [3.05, 3.63) is 41.5 Å². The minimum Gasteiger partial charge on any atom is -0.256 e. The molecule has 1 aromatic heterocycles. The second-order valence-electron chi connectivity index (χ2n) is 4.25. The average molecular weight is 291 g/mol. The standard InChI is InChI=1S/C12H13N5O2S/c1-9-5-11(4-3-10(9)6-13)20(18,19)15-7-12-14-8-17(2)16-12/h3-5,8,15H,7H2,1-2H3. The minimum atomic E-state index is -3.65. The number of nitrogens with one attached hydrogen (secondary N) is 1. The lowest BCUT2D eigenvalue weighted by Gasteiger charge is -2.06. The molecule has 0 aliphatic heterocycles. The van der Waals surface area contributed by atoms with Gasteiger partial charge in [-0.05, 0) is 30.7 Å². The van der Waals surface area contributed by atoms with Crippen molar-refractivity contribution >= 4 is 10.0 Å². The van der Waals surface area contributed by atoms with E-state index in [2.05, 4.69) is 14.8 Å². The Kier molecular flexibility index (Phi) is 3.83. The van der Waals surface area contributed by atoms with Crippen LogP contribution in [0, 0.1) is 18.3 Å². The molecule has 0 bridgehead atoms. The van der Waals surface area contributed by atoms with Crippen LogP contribution in [0.2, 0.25) is 0 Å². The second kappa shape index (κ2) is 5.40. The van der Waals surface area contributed by atoms with E-state index in [1.54, 1.807) is 14.0 Å². The third-order valence-electron chi connectivity index (χ3n) is 2.70. The lowest BCUT2D eigenvalue weighted by molar-refractivity contribution is 0.578. The van der Waals surface area contributed by atoms with Crippen LogP contribution in [0.15, 0.2) is 29.4 Å². The zero-order valence-electron chi connectivity index (χ0n) is 11.0. The largest absolute Gasteiger partial charge is 0.256 e. The summed E-state index contributed by atoms with van der Waals surface area (Å²) in [5.41, 5.74) is 1.07. The van der Waals surface area contributed by atoms with Crippen LogP contribution in [0.1, 0.15) is 17.0 Å². The number of sulfonamides is 1. The molecule has 8 heteroatoms. The van der Waals surface area contributed by atoms with Gasteiger partial charge in [-0.15, -0.1) is 0 Å². The van der Waals surface area contributed by atoms with Crippen LogP contribution in [-0.2, 0) is 23.6 Å². The van der Waals surface area contributed by atoms with Gasteiger partial charge in [0.15, 0.2) is 5.82 Å². The van der Waals surface area contributed by atoms with Crippen LogP contribution in [-0.4, -0.2) is 23.2 Å². The van der Waals surface area contributed by atoms with Gasteiger partial charge >= 0.3 is 0 Å². The van der Waals surface area contributed by atoms with Gasteiger partial charge in [0.2, 0.25) is 10.0 Å². The quantitative estimate of drug-likeness (QED) is 0.882. The summed E-state index contributed by atoms with van der Waals surface area (Å²) in [4.78, 5) is 4.05. The Balaban J connectivity index is 2.18. The van der Waals surface area contributed by atoms with Gasteiger partial charge in [0, 0.05) is 7.05 Å². The van der Waals surface area contributed by atoms with Gasteiger partial charge in [0.05, 0.1) is 23.1 Å². The van der Waals surface area contributed by atoms with Crippen molar-refractivity contribution in [2.24, 2.45) is 7.05 Å². The van der Waals surface area contributed by atoms with Gasteiger partial charge < -0.3 is 0 Å². The molecule has 0 amide bonds. The van der Waals surface area contributed by atoms with E-state index >= 15 is 0 Å². The van der Waals surface area contributed by atoms with Crippen LogP contribution in [0.4, 0.5) is 0 Å². The highest BCUT2D eigenvalue weighted by atomic mass is 32.2. The Bertz CT molecular complexity index is 773. The molecule has 0 fully saturated rings. The number of nitrogens with zero attached hydrogens (tertiary/aromatic N) is 4. The first kappa shape index (κ1) is 14.2. The second-order valence-corrected chi connectivity index (χ2v) is 6.01. The van der Waals surface area contributed by atoms with Gasteiger partial charge in [-0.2, -0.15) is 10.4 Å². The van der Waals surface area contributed by atoms with Crippen molar-refractivity contribution in [1.82, 2.24) is 19.5 Å². The number of aromatic nitrogens is 3. The smallest absolute Gasteiger partial charge is 0.240 e. The first-order chi connectivity index (χ1) is 9.42. The van der Waals surface area contributed by atoms with Crippen molar-refractivity contribution in [2.45, 2.75) is 18.4 Å². The molecule has 0 atom stereocenters. The number of aryl methyl sites for hydroxylation is 2. The van der Waals surface area contributed by atoms with Crippen LogP contribution in [0.3, 0.4) is 0 Å². The molecule has 0 aliphatic rings. The van der Waals surface area contributed by atoms with Gasteiger partial charge in [-0.3, -0.25) is 4.68 Å². The molecular weight excluding hydrogens is 278 g/mol. The molecule has 20 heavy (non-hydrogen) atoms. The molecule has 7 nitrogen and oxygen atoms in total. The van der Waals surface area contributed by atoms with Crippen LogP contribution in [0.25, 0.3) is 0 Å².